The highest BCUT2D eigenvalue weighted by molar-refractivity contribution is 7.92. The topological polar surface area (TPSA) is 106 Å². The maximum Gasteiger partial charge on any atom is 0.256 e. The number of hydrogen-bond donors (Lipinski definition) is 1. The summed E-state index contributed by atoms with van der Waals surface area (Å²) < 4.78 is 29.2. The van der Waals surface area contributed by atoms with Gasteiger partial charge in [0, 0.05) is 65.0 Å². The van der Waals surface area contributed by atoms with E-state index in [2.05, 4.69) is 21.2 Å². The largest absolute Gasteiger partial charge is 0.358 e. The van der Waals surface area contributed by atoms with Crippen molar-refractivity contribution in [2.75, 3.05) is 73.2 Å². The molecule has 3 aliphatic rings. The van der Waals surface area contributed by atoms with Crippen LogP contribution in [-0.4, -0.2) is 92.9 Å². The van der Waals surface area contributed by atoms with Gasteiger partial charge in [-0.3, -0.25) is 9.10 Å². The Morgan fingerprint density at radius 3 is 2.52 bits per heavy atom. The molecule has 1 amide bonds. The fraction of sp³-hybridized carbons (Fsp3) is 0.536. The van der Waals surface area contributed by atoms with Crippen LogP contribution < -0.4 is 19.4 Å². The number of hydrogen-bond acceptors (Lipinski definition) is 8. The van der Waals surface area contributed by atoms with Gasteiger partial charge >= 0.3 is 0 Å². The molecule has 2 fully saturated rings. The van der Waals surface area contributed by atoms with Crippen LogP contribution >= 0.6 is 0 Å². The summed E-state index contributed by atoms with van der Waals surface area (Å²) in [6.07, 6.45) is 5.04. The number of carbonyl (C=O) groups excluding carboxylic acids is 1. The molecular formula is C28H38N8O3S. The molecule has 0 spiro atoms. The Morgan fingerprint density at radius 1 is 0.975 bits per heavy atom. The van der Waals surface area contributed by atoms with Gasteiger partial charge in [-0.15, -0.1) is 0 Å². The number of benzene rings is 1. The van der Waals surface area contributed by atoms with Crippen molar-refractivity contribution >= 4 is 38.9 Å². The number of aryl methyl sites for hydroxylation is 1. The van der Waals surface area contributed by atoms with Gasteiger partial charge in [0.2, 0.25) is 10.0 Å². The Balaban J connectivity index is 1.49. The number of amides is 1. The molecule has 1 N–H and O–H groups in total. The summed E-state index contributed by atoms with van der Waals surface area (Å²) in [5.41, 5.74) is 3.33. The highest BCUT2D eigenvalue weighted by Gasteiger charge is 2.34. The van der Waals surface area contributed by atoms with E-state index < -0.39 is 10.0 Å². The minimum Gasteiger partial charge on any atom is -0.358 e. The quantitative estimate of drug-likeness (QED) is 0.504. The van der Waals surface area contributed by atoms with Gasteiger partial charge in [0.15, 0.2) is 5.65 Å². The number of anilines is 3. The van der Waals surface area contributed by atoms with Gasteiger partial charge in [-0.25, -0.2) is 13.4 Å². The van der Waals surface area contributed by atoms with Gasteiger partial charge in [0.1, 0.15) is 11.6 Å². The molecule has 214 valence electrons. The van der Waals surface area contributed by atoms with Gasteiger partial charge in [0.25, 0.3) is 5.91 Å². The maximum absolute atomic E-state index is 14.3. The Hall–Kier alpha value is -3.38. The summed E-state index contributed by atoms with van der Waals surface area (Å²) in [6, 6.07) is 9.34. The smallest absolute Gasteiger partial charge is 0.256 e. The fourth-order valence-corrected chi connectivity index (χ4v) is 6.85. The first-order chi connectivity index (χ1) is 19.2. The lowest BCUT2D eigenvalue weighted by Crippen LogP contribution is -2.42. The predicted molar refractivity (Wildman–Crippen MR) is 157 cm³/mol. The van der Waals surface area contributed by atoms with Crippen LogP contribution in [0, 0.1) is 6.92 Å². The Labute approximate surface area is 235 Å². The van der Waals surface area contributed by atoms with Crippen molar-refractivity contribution in [3.8, 4) is 0 Å². The number of rotatable bonds is 2. The SMILES string of the molecule is Cc1ccc2c(c1)C(=O)N1CCCCC1c1cc3nc(N4CCC4)cc(n3n1)N(C)CCNCCN2S(C)(=O)=O. The summed E-state index contributed by atoms with van der Waals surface area (Å²) in [4.78, 5) is 25.6. The third-order valence-corrected chi connectivity index (χ3v) is 9.44. The number of nitrogens with zero attached hydrogens (tertiary/aromatic N) is 7. The lowest BCUT2D eigenvalue weighted by Gasteiger charge is -2.36. The Morgan fingerprint density at radius 2 is 1.77 bits per heavy atom. The number of aromatic nitrogens is 3. The maximum atomic E-state index is 14.3. The van der Waals surface area contributed by atoms with E-state index >= 15 is 0 Å². The molecule has 2 bridgehead atoms. The summed E-state index contributed by atoms with van der Waals surface area (Å²) in [7, 11) is -1.58. The molecule has 0 aliphatic carbocycles. The molecule has 11 nitrogen and oxygen atoms in total. The molecule has 0 saturated carbocycles. The van der Waals surface area contributed by atoms with E-state index in [9.17, 15) is 13.2 Å². The van der Waals surface area contributed by atoms with E-state index in [1.807, 2.05) is 41.6 Å². The number of piperidine rings is 1. The summed E-state index contributed by atoms with van der Waals surface area (Å²) in [5, 5.41) is 8.43. The van der Waals surface area contributed by atoms with Crippen LogP contribution in [0.15, 0.2) is 30.3 Å². The summed E-state index contributed by atoms with van der Waals surface area (Å²) in [6.45, 7) is 6.54. The lowest BCUT2D eigenvalue weighted by molar-refractivity contribution is 0.0606. The Bertz CT molecular complexity index is 1530. The van der Waals surface area contributed by atoms with Crippen molar-refractivity contribution in [2.24, 2.45) is 0 Å². The highest BCUT2D eigenvalue weighted by Crippen LogP contribution is 2.36. The zero-order valence-corrected chi connectivity index (χ0v) is 24.3. The molecule has 1 aromatic carbocycles. The van der Waals surface area contributed by atoms with Crippen LogP contribution in [0.4, 0.5) is 17.3 Å². The number of fused-ring (bicyclic) bond motifs is 4. The molecule has 12 heteroatoms. The standard InChI is InChI=1S/C28H38N8O3S/c1-20-8-9-23-21(17-20)28(37)34-14-5-4-7-24(34)22-18-26-30-25(33-12-6-13-33)19-27(36(26)31-22)32(2)15-10-29-11-16-35(23)40(3,38)39/h8-9,17-19,24,29H,4-7,10-16H2,1-3H3. The third-order valence-electron chi connectivity index (χ3n) is 8.26. The van der Waals surface area contributed by atoms with Gasteiger partial charge in [0.05, 0.1) is 29.2 Å². The number of carbonyl (C=O) groups is 1. The zero-order chi connectivity index (χ0) is 28.0. The van der Waals surface area contributed by atoms with E-state index in [1.165, 1.54) is 10.6 Å². The van der Waals surface area contributed by atoms with Crippen molar-refractivity contribution < 1.29 is 13.2 Å². The molecule has 40 heavy (non-hydrogen) atoms. The van der Waals surface area contributed by atoms with E-state index in [1.54, 1.807) is 6.07 Å². The van der Waals surface area contributed by atoms with Crippen LogP contribution in [-0.2, 0) is 10.0 Å². The van der Waals surface area contributed by atoms with Crippen molar-refractivity contribution in [3.05, 3.63) is 47.2 Å². The predicted octanol–water partition coefficient (Wildman–Crippen LogP) is 2.42. The van der Waals surface area contributed by atoms with Crippen LogP contribution in [0.25, 0.3) is 5.65 Å². The monoisotopic (exact) mass is 566 g/mol. The first-order valence-electron chi connectivity index (χ1n) is 14.2. The molecule has 2 aromatic heterocycles. The van der Waals surface area contributed by atoms with Gasteiger partial charge in [-0.1, -0.05) is 11.6 Å². The second-order valence-corrected chi connectivity index (χ2v) is 13.1. The molecular weight excluding hydrogens is 528 g/mol. The molecule has 3 aromatic rings. The van der Waals surface area contributed by atoms with Gasteiger partial charge in [-0.2, -0.15) is 9.61 Å². The number of sulfonamides is 1. The molecule has 0 radical (unpaired) electrons. The van der Waals surface area contributed by atoms with E-state index in [0.29, 0.717) is 37.4 Å². The first-order valence-corrected chi connectivity index (χ1v) is 16.0. The van der Waals surface area contributed by atoms with Crippen LogP contribution in [0.1, 0.15) is 53.3 Å². The van der Waals surface area contributed by atoms with Crippen molar-refractivity contribution in [1.29, 1.82) is 0 Å². The molecule has 5 heterocycles. The van der Waals surface area contributed by atoms with Crippen molar-refractivity contribution in [3.63, 3.8) is 0 Å². The fourth-order valence-electron chi connectivity index (χ4n) is 5.91. The summed E-state index contributed by atoms with van der Waals surface area (Å²) >= 11 is 0. The van der Waals surface area contributed by atoms with E-state index in [-0.39, 0.29) is 18.5 Å². The average Bonchev–Trinajstić information content (AvgIpc) is 3.32. The minimum atomic E-state index is -3.62. The minimum absolute atomic E-state index is 0.166. The molecule has 1 unspecified atom stereocenters. The Kier molecular flexibility index (Phi) is 7.07. The average molecular weight is 567 g/mol. The number of likely N-dealkylation sites (N-methyl/N-ethyl adjacent to an activating group) is 1. The molecule has 1 atom stereocenters. The third kappa shape index (κ3) is 4.98. The van der Waals surface area contributed by atoms with Crippen LogP contribution in [0.5, 0.6) is 0 Å². The van der Waals surface area contributed by atoms with Gasteiger partial charge < -0.3 is 20.0 Å². The van der Waals surface area contributed by atoms with Crippen molar-refractivity contribution in [1.82, 2.24) is 24.8 Å². The highest BCUT2D eigenvalue weighted by atomic mass is 32.2. The van der Waals surface area contributed by atoms with E-state index in [0.717, 1.165) is 67.3 Å². The van der Waals surface area contributed by atoms with Gasteiger partial charge in [-0.05, 0) is 44.7 Å². The van der Waals surface area contributed by atoms with E-state index in [4.69, 9.17) is 10.1 Å². The summed E-state index contributed by atoms with van der Waals surface area (Å²) in [5.74, 6) is 1.72. The molecule has 3 aliphatic heterocycles. The second kappa shape index (κ2) is 10.5. The number of nitrogens with one attached hydrogen (secondary N) is 1. The zero-order valence-electron chi connectivity index (χ0n) is 23.5. The molecule has 6 rings (SSSR count). The van der Waals surface area contributed by atoms with Crippen LogP contribution in [0.2, 0.25) is 0 Å². The second-order valence-electron chi connectivity index (χ2n) is 11.2. The molecule has 2 saturated heterocycles. The first kappa shape index (κ1) is 26.8. The van der Waals surface area contributed by atoms with Crippen LogP contribution in [0.3, 0.4) is 0 Å². The lowest BCUT2D eigenvalue weighted by atomic mass is 9.97. The van der Waals surface area contributed by atoms with Crippen molar-refractivity contribution in [2.45, 2.75) is 38.6 Å². The normalized spacial score (nSPS) is 21.0.